The van der Waals surface area contributed by atoms with Crippen LogP contribution in [0.15, 0.2) is 53.4 Å². The molecule has 4 rings (SSSR count). The number of amides is 1. The average molecular weight is 349 g/mol. The van der Waals surface area contributed by atoms with Crippen LogP contribution in [0.25, 0.3) is 11.5 Å². The molecule has 0 aliphatic carbocycles. The molecule has 0 spiro atoms. The van der Waals surface area contributed by atoms with Crippen molar-refractivity contribution in [1.29, 1.82) is 0 Å². The molecule has 0 saturated carbocycles. The molecular formula is C19H19N5O2. The Morgan fingerprint density at radius 3 is 2.92 bits per heavy atom. The van der Waals surface area contributed by atoms with Crippen molar-refractivity contribution in [3.8, 4) is 11.5 Å². The molecule has 0 unspecified atom stereocenters. The second-order valence-corrected chi connectivity index (χ2v) is 6.43. The molecule has 0 N–H and O–H groups in total. The van der Waals surface area contributed by atoms with E-state index in [-0.39, 0.29) is 5.91 Å². The van der Waals surface area contributed by atoms with Crippen molar-refractivity contribution in [2.75, 3.05) is 13.1 Å². The van der Waals surface area contributed by atoms with Gasteiger partial charge in [-0.2, -0.15) is 4.98 Å². The molecule has 0 radical (unpaired) electrons. The molecule has 1 saturated heterocycles. The van der Waals surface area contributed by atoms with E-state index in [4.69, 9.17) is 4.52 Å². The van der Waals surface area contributed by atoms with E-state index in [0.29, 0.717) is 36.3 Å². The van der Waals surface area contributed by atoms with Crippen LogP contribution >= 0.6 is 0 Å². The van der Waals surface area contributed by atoms with Crippen molar-refractivity contribution in [3.63, 3.8) is 0 Å². The first-order valence-electron chi connectivity index (χ1n) is 8.73. The van der Waals surface area contributed by atoms with E-state index in [2.05, 4.69) is 20.1 Å². The molecular weight excluding hydrogens is 330 g/mol. The van der Waals surface area contributed by atoms with Crippen LogP contribution in [-0.2, 0) is 6.42 Å². The smallest absolute Gasteiger partial charge is 0.253 e. The van der Waals surface area contributed by atoms with E-state index in [9.17, 15) is 4.79 Å². The predicted molar refractivity (Wildman–Crippen MR) is 94.1 cm³/mol. The van der Waals surface area contributed by atoms with Gasteiger partial charge in [-0.05, 0) is 30.9 Å². The number of carbonyl (C=O) groups excluding carboxylic acids is 1. The van der Waals surface area contributed by atoms with Gasteiger partial charge in [0, 0.05) is 37.5 Å². The molecule has 1 aromatic carbocycles. The van der Waals surface area contributed by atoms with Crippen LogP contribution in [0, 0.1) is 5.92 Å². The highest BCUT2D eigenvalue weighted by Crippen LogP contribution is 2.22. The second-order valence-electron chi connectivity index (χ2n) is 6.43. The third-order valence-electron chi connectivity index (χ3n) is 4.55. The summed E-state index contributed by atoms with van der Waals surface area (Å²) in [6.45, 7) is 1.50. The number of piperidine rings is 1. The lowest BCUT2D eigenvalue weighted by atomic mass is 9.94. The molecule has 132 valence electrons. The number of benzene rings is 1. The number of likely N-dealkylation sites (tertiary alicyclic amines) is 1. The van der Waals surface area contributed by atoms with Crippen LogP contribution in [0.2, 0.25) is 0 Å². The van der Waals surface area contributed by atoms with Gasteiger partial charge in [0.15, 0.2) is 0 Å². The summed E-state index contributed by atoms with van der Waals surface area (Å²) < 4.78 is 5.37. The van der Waals surface area contributed by atoms with Crippen molar-refractivity contribution in [3.05, 3.63) is 60.4 Å². The van der Waals surface area contributed by atoms with Crippen LogP contribution in [0.4, 0.5) is 0 Å². The summed E-state index contributed by atoms with van der Waals surface area (Å²) in [5, 5.41) is 3.98. The Labute approximate surface area is 151 Å². The van der Waals surface area contributed by atoms with E-state index in [1.165, 1.54) is 0 Å². The van der Waals surface area contributed by atoms with Crippen molar-refractivity contribution < 1.29 is 9.32 Å². The van der Waals surface area contributed by atoms with Crippen molar-refractivity contribution in [1.82, 2.24) is 25.0 Å². The quantitative estimate of drug-likeness (QED) is 0.720. The first-order valence-corrected chi connectivity index (χ1v) is 8.73. The summed E-state index contributed by atoms with van der Waals surface area (Å²) in [5.74, 6) is 1.42. The Hall–Kier alpha value is -3.09. The highest BCUT2D eigenvalue weighted by Gasteiger charge is 2.26. The lowest BCUT2D eigenvalue weighted by Gasteiger charge is -2.32. The highest BCUT2D eigenvalue weighted by atomic mass is 16.5. The summed E-state index contributed by atoms with van der Waals surface area (Å²) in [5.41, 5.74) is 1.32. The molecule has 0 bridgehead atoms. The minimum atomic E-state index is 0.0843. The first kappa shape index (κ1) is 16.4. The molecule has 1 aliphatic heterocycles. The van der Waals surface area contributed by atoms with Crippen LogP contribution in [0.5, 0.6) is 0 Å². The van der Waals surface area contributed by atoms with Gasteiger partial charge in [-0.15, -0.1) is 0 Å². The molecule has 26 heavy (non-hydrogen) atoms. The van der Waals surface area contributed by atoms with Gasteiger partial charge in [-0.25, -0.2) is 4.98 Å². The van der Waals surface area contributed by atoms with Gasteiger partial charge in [0.2, 0.25) is 11.7 Å². The summed E-state index contributed by atoms with van der Waals surface area (Å²) >= 11 is 0. The van der Waals surface area contributed by atoms with Gasteiger partial charge >= 0.3 is 0 Å². The van der Waals surface area contributed by atoms with Crippen molar-refractivity contribution in [2.45, 2.75) is 19.3 Å². The highest BCUT2D eigenvalue weighted by molar-refractivity contribution is 5.94. The molecule has 2 aromatic heterocycles. The summed E-state index contributed by atoms with van der Waals surface area (Å²) in [6.07, 6.45) is 7.49. The number of hydrogen-bond acceptors (Lipinski definition) is 6. The maximum atomic E-state index is 12.6. The Morgan fingerprint density at radius 1 is 1.23 bits per heavy atom. The largest absolute Gasteiger partial charge is 0.339 e. The van der Waals surface area contributed by atoms with E-state index in [0.717, 1.165) is 24.9 Å². The molecule has 1 amide bonds. The monoisotopic (exact) mass is 349 g/mol. The van der Waals surface area contributed by atoms with Crippen molar-refractivity contribution in [2.24, 2.45) is 5.92 Å². The SMILES string of the molecule is O=C(c1ccccc1)N1CCC[C@@H](Cc2nc(-c3cnccn3)no2)C1. The second kappa shape index (κ2) is 7.43. The van der Waals surface area contributed by atoms with Gasteiger partial charge in [-0.1, -0.05) is 23.4 Å². The standard InChI is InChI=1S/C19H19N5O2/c25-19(15-6-2-1-3-7-15)24-10-4-5-14(13-24)11-17-22-18(23-26-17)16-12-20-8-9-21-16/h1-3,6-9,12,14H,4-5,10-11,13H2/t14-/m0/s1. The van der Waals surface area contributed by atoms with E-state index in [1.807, 2.05) is 35.2 Å². The zero-order valence-corrected chi connectivity index (χ0v) is 14.3. The van der Waals surface area contributed by atoms with Gasteiger partial charge in [-0.3, -0.25) is 9.78 Å². The molecule has 7 heteroatoms. The number of aromatic nitrogens is 4. The third kappa shape index (κ3) is 3.61. The van der Waals surface area contributed by atoms with Gasteiger partial charge < -0.3 is 9.42 Å². The van der Waals surface area contributed by atoms with Gasteiger partial charge in [0.1, 0.15) is 5.69 Å². The average Bonchev–Trinajstić information content (AvgIpc) is 3.17. The molecule has 1 aliphatic rings. The molecule has 3 aromatic rings. The zero-order valence-electron chi connectivity index (χ0n) is 14.3. The van der Waals surface area contributed by atoms with E-state index >= 15 is 0 Å². The summed E-state index contributed by atoms with van der Waals surface area (Å²) in [7, 11) is 0. The summed E-state index contributed by atoms with van der Waals surface area (Å²) in [4.78, 5) is 27.2. The Morgan fingerprint density at radius 2 is 2.12 bits per heavy atom. The minimum Gasteiger partial charge on any atom is -0.339 e. The van der Waals surface area contributed by atoms with Crippen molar-refractivity contribution >= 4 is 5.91 Å². The molecule has 7 nitrogen and oxygen atoms in total. The number of rotatable bonds is 4. The molecule has 1 fully saturated rings. The Balaban J connectivity index is 1.41. The lowest BCUT2D eigenvalue weighted by molar-refractivity contribution is 0.0668. The lowest BCUT2D eigenvalue weighted by Crippen LogP contribution is -2.40. The third-order valence-corrected chi connectivity index (χ3v) is 4.55. The number of hydrogen-bond donors (Lipinski definition) is 0. The van der Waals surface area contributed by atoms with E-state index in [1.54, 1.807) is 18.6 Å². The Kier molecular flexibility index (Phi) is 4.68. The fraction of sp³-hybridized carbons (Fsp3) is 0.316. The normalized spacial score (nSPS) is 17.2. The summed E-state index contributed by atoms with van der Waals surface area (Å²) in [6, 6.07) is 9.41. The number of nitrogens with zero attached hydrogens (tertiary/aromatic N) is 5. The van der Waals surface area contributed by atoms with Crippen LogP contribution < -0.4 is 0 Å². The topological polar surface area (TPSA) is 85.0 Å². The van der Waals surface area contributed by atoms with Crippen LogP contribution in [0.1, 0.15) is 29.1 Å². The maximum Gasteiger partial charge on any atom is 0.253 e. The fourth-order valence-corrected chi connectivity index (χ4v) is 3.28. The first-order chi connectivity index (χ1) is 12.8. The van der Waals surface area contributed by atoms with Gasteiger partial charge in [0.25, 0.3) is 5.91 Å². The Bertz CT molecular complexity index is 866. The number of carbonyl (C=O) groups is 1. The zero-order chi connectivity index (χ0) is 17.8. The molecule has 3 heterocycles. The van der Waals surface area contributed by atoms with E-state index < -0.39 is 0 Å². The molecule has 1 atom stereocenters. The van der Waals surface area contributed by atoms with Crippen LogP contribution in [0.3, 0.4) is 0 Å². The minimum absolute atomic E-state index is 0.0843. The van der Waals surface area contributed by atoms with Gasteiger partial charge in [0.05, 0.1) is 6.20 Å². The predicted octanol–water partition coefficient (Wildman–Crippen LogP) is 2.62. The maximum absolute atomic E-state index is 12.6. The van der Waals surface area contributed by atoms with Crippen LogP contribution in [-0.4, -0.2) is 44.0 Å². The fourth-order valence-electron chi connectivity index (χ4n) is 3.28.